The summed E-state index contributed by atoms with van der Waals surface area (Å²) in [5.74, 6) is -0.0250. The Morgan fingerprint density at radius 1 is 0.967 bits per heavy atom. The lowest BCUT2D eigenvalue weighted by Gasteiger charge is -2.20. The number of fused-ring (bicyclic) bond motifs is 1. The molecule has 0 fully saturated rings. The van der Waals surface area contributed by atoms with Crippen LogP contribution in [0.15, 0.2) is 83.8 Å². The van der Waals surface area contributed by atoms with Gasteiger partial charge in [0.2, 0.25) is 11.8 Å². The van der Waals surface area contributed by atoms with Crippen molar-refractivity contribution >= 4 is 29.4 Å². The largest absolute Gasteiger partial charge is 0.350 e. The Labute approximate surface area is 180 Å². The normalized spacial score (nSPS) is 13.8. The highest BCUT2D eigenvalue weighted by Gasteiger charge is 2.21. The number of hydrogen-bond acceptors (Lipinski definition) is 4. The van der Waals surface area contributed by atoms with Crippen LogP contribution in [0.4, 0.5) is 5.69 Å². The molecular formula is C24H23N3O2S. The number of nitrogens with one attached hydrogen (secondary N) is 3. The molecule has 30 heavy (non-hydrogen) atoms. The Morgan fingerprint density at radius 3 is 2.47 bits per heavy atom. The predicted octanol–water partition coefficient (Wildman–Crippen LogP) is 4.23. The van der Waals surface area contributed by atoms with Gasteiger partial charge in [0, 0.05) is 23.5 Å². The van der Waals surface area contributed by atoms with Crippen molar-refractivity contribution in [2.24, 2.45) is 0 Å². The topological polar surface area (TPSA) is 70.2 Å². The van der Waals surface area contributed by atoms with Crippen molar-refractivity contribution < 1.29 is 9.59 Å². The SMILES string of the molecule is O=C1CCc2cc(SNC(C(=O)NCc3ccccc3)c3ccccc3)ccc2N1. The summed E-state index contributed by atoms with van der Waals surface area (Å²) in [5, 5.41) is 5.92. The zero-order chi connectivity index (χ0) is 20.8. The van der Waals surface area contributed by atoms with E-state index >= 15 is 0 Å². The number of rotatable bonds is 7. The first-order valence-electron chi connectivity index (χ1n) is 9.91. The van der Waals surface area contributed by atoms with Gasteiger partial charge in [-0.05, 0) is 53.3 Å². The molecule has 3 aromatic rings. The van der Waals surface area contributed by atoms with Gasteiger partial charge in [-0.1, -0.05) is 60.7 Å². The van der Waals surface area contributed by atoms with Crippen LogP contribution < -0.4 is 15.4 Å². The van der Waals surface area contributed by atoms with Crippen LogP contribution in [0.25, 0.3) is 0 Å². The fourth-order valence-corrected chi connectivity index (χ4v) is 4.19. The third-order valence-electron chi connectivity index (χ3n) is 4.97. The fraction of sp³-hybridized carbons (Fsp3) is 0.167. The van der Waals surface area contributed by atoms with Gasteiger partial charge in [-0.2, -0.15) is 0 Å². The van der Waals surface area contributed by atoms with Crippen molar-refractivity contribution in [1.29, 1.82) is 0 Å². The minimum Gasteiger partial charge on any atom is -0.350 e. The smallest absolute Gasteiger partial charge is 0.242 e. The summed E-state index contributed by atoms with van der Waals surface area (Å²) >= 11 is 1.42. The predicted molar refractivity (Wildman–Crippen MR) is 120 cm³/mol. The van der Waals surface area contributed by atoms with Crippen LogP contribution in [-0.2, 0) is 22.6 Å². The molecule has 1 unspecified atom stereocenters. The van der Waals surface area contributed by atoms with E-state index < -0.39 is 6.04 Å². The number of carbonyl (C=O) groups is 2. The molecule has 0 bridgehead atoms. The molecular weight excluding hydrogens is 394 g/mol. The van der Waals surface area contributed by atoms with Gasteiger partial charge in [0.1, 0.15) is 6.04 Å². The monoisotopic (exact) mass is 417 g/mol. The van der Waals surface area contributed by atoms with Gasteiger partial charge in [0.05, 0.1) is 0 Å². The Morgan fingerprint density at radius 2 is 1.70 bits per heavy atom. The molecule has 1 aliphatic heterocycles. The maximum atomic E-state index is 13.0. The van der Waals surface area contributed by atoms with Crippen molar-refractivity contribution in [2.75, 3.05) is 5.32 Å². The number of aryl methyl sites for hydroxylation is 1. The van der Waals surface area contributed by atoms with Crippen LogP contribution in [0, 0.1) is 0 Å². The molecule has 0 saturated carbocycles. The van der Waals surface area contributed by atoms with E-state index in [0.29, 0.717) is 13.0 Å². The van der Waals surface area contributed by atoms with E-state index in [0.717, 1.165) is 33.7 Å². The highest BCUT2D eigenvalue weighted by molar-refractivity contribution is 7.97. The molecule has 3 N–H and O–H groups in total. The minimum absolute atomic E-state index is 0.0558. The van der Waals surface area contributed by atoms with E-state index in [-0.39, 0.29) is 11.8 Å². The summed E-state index contributed by atoms with van der Waals surface area (Å²) in [6.45, 7) is 0.480. The summed E-state index contributed by atoms with van der Waals surface area (Å²) < 4.78 is 3.32. The average molecular weight is 418 g/mol. The quantitative estimate of drug-likeness (QED) is 0.503. The summed E-state index contributed by atoms with van der Waals surface area (Å²) in [5.41, 5.74) is 3.95. The first-order valence-corrected chi connectivity index (χ1v) is 10.7. The molecule has 0 spiro atoms. The van der Waals surface area contributed by atoms with Crippen LogP contribution in [-0.4, -0.2) is 11.8 Å². The van der Waals surface area contributed by atoms with E-state index in [9.17, 15) is 9.59 Å². The third-order valence-corrected chi connectivity index (χ3v) is 5.81. The second-order valence-corrected chi connectivity index (χ2v) is 8.05. The van der Waals surface area contributed by atoms with E-state index in [4.69, 9.17) is 0 Å². The average Bonchev–Trinajstić information content (AvgIpc) is 2.79. The molecule has 5 nitrogen and oxygen atoms in total. The molecule has 1 atom stereocenters. The number of anilines is 1. The molecule has 6 heteroatoms. The van der Waals surface area contributed by atoms with Crippen molar-refractivity contribution in [3.63, 3.8) is 0 Å². The Kier molecular flexibility index (Phi) is 6.47. The molecule has 1 heterocycles. The highest BCUT2D eigenvalue weighted by atomic mass is 32.2. The summed E-state index contributed by atoms with van der Waals surface area (Å²) in [6.07, 6.45) is 1.23. The van der Waals surface area contributed by atoms with Gasteiger partial charge < -0.3 is 10.6 Å². The van der Waals surface area contributed by atoms with Gasteiger partial charge in [0.25, 0.3) is 0 Å². The van der Waals surface area contributed by atoms with Gasteiger partial charge in [-0.15, -0.1) is 0 Å². The number of carbonyl (C=O) groups excluding carboxylic acids is 2. The third kappa shape index (κ3) is 5.09. The van der Waals surface area contributed by atoms with Crippen molar-refractivity contribution in [2.45, 2.75) is 30.3 Å². The van der Waals surface area contributed by atoms with Gasteiger partial charge >= 0.3 is 0 Å². The van der Waals surface area contributed by atoms with E-state index in [1.165, 1.54) is 11.9 Å². The molecule has 0 aromatic heterocycles. The van der Waals surface area contributed by atoms with Crippen LogP contribution in [0.3, 0.4) is 0 Å². The molecule has 152 valence electrons. The molecule has 0 radical (unpaired) electrons. The first-order chi connectivity index (χ1) is 14.7. The second-order valence-electron chi connectivity index (χ2n) is 7.13. The summed E-state index contributed by atoms with van der Waals surface area (Å²) in [6, 6.07) is 25.0. The maximum absolute atomic E-state index is 13.0. The zero-order valence-corrected chi connectivity index (χ0v) is 17.2. The van der Waals surface area contributed by atoms with Gasteiger partial charge in [-0.25, -0.2) is 4.72 Å². The molecule has 2 amide bonds. The molecule has 0 saturated heterocycles. The van der Waals surface area contributed by atoms with E-state index in [1.807, 2.05) is 72.8 Å². The van der Waals surface area contributed by atoms with Crippen LogP contribution in [0.2, 0.25) is 0 Å². The fourth-order valence-electron chi connectivity index (χ4n) is 3.36. The van der Waals surface area contributed by atoms with Crippen LogP contribution >= 0.6 is 11.9 Å². The van der Waals surface area contributed by atoms with E-state index in [1.54, 1.807) is 0 Å². The molecule has 1 aliphatic rings. The lowest BCUT2D eigenvalue weighted by Crippen LogP contribution is -2.34. The second kappa shape index (κ2) is 9.61. The molecule has 4 rings (SSSR count). The first kappa shape index (κ1) is 20.2. The maximum Gasteiger partial charge on any atom is 0.242 e. The van der Waals surface area contributed by atoms with Crippen LogP contribution in [0.1, 0.15) is 29.2 Å². The Bertz CT molecular complexity index is 1030. The number of benzene rings is 3. The van der Waals surface area contributed by atoms with Gasteiger partial charge in [-0.3, -0.25) is 9.59 Å². The van der Waals surface area contributed by atoms with Gasteiger partial charge in [0.15, 0.2) is 0 Å². The zero-order valence-electron chi connectivity index (χ0n) is 16.4. The molecule has 3 aromatic carbocycles. The number of amides is 2. The minimum atomic E-state index is -0.490. The van der Waals surface area contributed by atoms with Crippen molar-refractivity contribution in [3.8, 4) is 0 Å². The lowest BCUT2D eigenvalue weighted by atomic mass is 10.0. The Balaban J connectivity index is 1.45. The summed E-state index contributed by atoms with van der Waals surface area (Å²) in [4.78, 5) is 25.5. The summed E-state index contributed by atoms with van der Waals surface area (Å²) in [7, 11) is 0. The Hall–Kier alpha value is -3.09. The number of hydrogen-bond donors (Lipinski definition) is 3. The standard InChI is InChI=1S/C24H23N3O2S/c28-22-14-11-19-15-20(12-13-21(19)26-22)30-27-23(18-9-5-2-6-10-18)24(29)25-16-17-7-3-1-4-8-17/h1-10,12-13,15,23,27H,11,14,16H2,(H,25,29)(H,26,28). The van der Waals surface area contributed by atoms with Crippen molar-refractivity contribution in [1.82, 2.24) is 10.0 Å². The highest BCUT2D eigenvalue weighted by Crippen LogP contribution is 2.28. The van der Waals surface area contributed by atoms with Crippen molar-refractivity contribution in [3.05, 3.63) is 95.6 Å². The lowest BCUT2D eigenvalue weighted by molar-refractivity contribution is -0.123. The molecule has 0 aliphatic carbocycles. The van der Waals surface area contributed by atoms with E-state index in [2.05, 4.69) is 21.4 Å². The van der Waals surface area contributed by atoms with Crippen LogP contribution in [0.5, 0.6) is 0 Å².